The number of carbonyl (C=O) groups excluding carboxylic acids is 1. The van der Waals surface area contributed by atoms with Crippen LogP contribution in [0.25, 0.3) is 0 Å². The molecule has 0 fully saturated rings. The highest BCUT2D eigenvalue weighted by molar-refractivity contribution is 7.85. The summed E-state index contributed by atoms with van der Waals surface area (Å²) in [6.07, 6.45) is 3.90. The van der Waals surface area contributed by atoms with E-state index in [9.17, 15) is 13.2 Å². The molecule has 0 unspecified atom stereocenters. The number of carbonyl (C=O) groups is 1. The molecule has 0 aliphatic carbocycles. The lowest BCUT2D eigenvalue weighted by Gasteiger charge is -2.26. The normalized spacial score (nSPS) is 12.2. The Hall–Kier alpha value is -1.40. The van der Waals surface area contributed by atoms with Gasteiger partial charge in [-0.1, -0.05) is 13.3 Å². The molecular formula is C17H26O5S. The lowest BCUT2D eigenvalue weighted by Crippen LogP contribution is -2.30. The van der Waals surface area contributed by atoms with Crippen LogP contribution in [0.2, 0.25) is 0 Å². The second kappa shape index (κ2) is 8.45. The number of ether oxygens (including phenoxy) is 1. The predicted molar refractivity (Wildman–Crippen MR) is 90.4 cm³/mol. The minimum Gasteiger partial charge on any atom is -0.488 e. The van der Waals surface area contributed by atoms with Gasteiger partial charge in [0, 0.05) is 18.4 Å². The molecule has 0 spiro atoms. The number of Topliss-reactive ketones (excluding diaryl/α,β-unsaturated/α-hetero) is 1. The maximum absolute atomic E-state index is 11.9. The Kier molecular flexibility index (Phi) is 7.22. The first kappa shape index (κ1) is 19.6. The van der Waals surface area contributed by atoms with Crippen LogP contribution in [-0.4, -0.2) is 32.7 Å². The van der Waals surface area contributed by atoms with E-state index in [-0.39, 0.29) is 12.4 Å². The Morgan fingerprint density at radius 1 is 1.17 bits per heavy atom. The SMILES string of the molecule is CCCCC(=O)c1ccc(OC(C)(C)CCOS(C)(=O)=O)cc1. The Labute approximate surface area is 139 Å². The fourth-order valence-corrected chi connectivity index (χ4v) is 2.39. The number of hydrogen-bond donors (Lipinski definition) is 0. The van der Waals surface area contributed by atoms with Crippen molar-refractivity contribution in [1.29, 1.82) is 0 Å². The standard InChI is InChI=1S/C17H26O5S/c1-5-6-7-16(18)14-8-10-15(11-9-14)22-17(2,3)12-13-21-23(4,19)20/h8-11H,5-7,12-13H2,1-4H3. The molecular weight excluding hydrogens is 316 g/mol. The van der Waals surface area contributed by atoms with Gasteiger partial charge in [0.05, 0.1) is 12.9 Å². The van der Waals surface area contributed by atoms with Crippen LogP contribution < -0.4 is 4.74 Å². The maximum Gasteiger partial charge on any atom is 0.264 e. The number of rotatable bonds is 10. The summed E-state index contributed by atoms with van der Waals surface area (Å²) in [5.41, 5.74) is 0.113. The van der Waals surface area contributed by atoms with E-state index in [1.165, 1.54) is 0 Å². The van der Waals surface area contributed by atoms with Crippen LogP contribution in [0.1, 0.15) is 56.8 Å². The monoisotopic (exact) mass is 342 g/mol. The molecule has 0 radical (unpaired) electrons. The highest BCUT2D eigenvalue weighted by Gasteiger charge is 2.21. The lowest BCUT2D eigenvalue weighted by atomic mass is 10.0. The van der Waals surface area contributed by atoms with Crippen molar-refractivity contribution in [3.63, 3.8) is 0 Å². The maximum atomic E-state index is 11.9. The average Bonchev–Trinajstić information content (AvgIpc) is 2.43. The van der Waals surface area contributed by atoms with Crippen LogP contribution in [0, 0.1) is 0 Å². The largest absolute Gasteiger partial charge is 0.488 e. The molecule has 130 valence electrons. The van der Waals surface area contributed by atoms with Gasteiger partial charge in [-0.05, 0) is 44.5 Å². The summed E-state index contributed by atoms with van der Waals surface area (Å²) < 4.78 is 32.5. The summed E-state index contributed by atoms with van der Waals surface area (Å²) >= 11 is 0. The lowest BCUT2D eigenvalue weighted by molar-refractivity contribution is 0.0824. The molecule has 23 heavy (non-hydrogen) atoms. The van der Waals surface area contributed by atoms with Crippen molar-refractivity contribution in [3.8, 4) is 5.75 Å². The Morgan fingerprint density at radius 3 is 2.30 bits per heavy atom. The van der Waals surface area contributed by atoms with E-state index < -0.39 is 15.7 Å². The van der Waals surface area contributed by atoms with Crippen LogP contribution >= 0.6 is 0 Å². The molecule has 0 amide bonds. The van der Waals surface area contributed by atoms with Gasteiger partial charge in [0.15, 0.2) is 5.78 Å². The fraction of sp³-hybridized carbons (Fsp3) is 0.588. The predicted octanol–water partition coefficient (Wildman–Crippen LogP) is 3.58. The highest BCUT2D eigenvalue weighted by Crippen LogP contribution is 2.22. The van der Waals surface area contributed by atoms with E-state index in [0.717, 1.165) is 19.1 Å². The molecule has 0 atom stereocenters. The van der Waals surface area contributed by atoms with E-state index in [4.69, 9.17) is 8.92 Å². The van der Waals surface area contributed by atoms with Crippen molar-refractivity contribution < 1.29 is 22.1 Å². The third kappa shape index (κ3) is 8.13. The molecule has 0 saturated heterocycles. The second-order valence-corrected chi connectivity index (χ2v) is 7.83. The summed E-state index contributed by atoms with van der Waals surface area (Å²) in [7, 11) is -3.44. The van der Waals surface area contributed by atoms with Crippen molar-refractivity contribution in [2.75, 3.05) is 12.9 Å². The van der Waals surface area contributed by atoms with Crippen LogP contribution in [-0.2, 0) is 14.3 Å². The van der Waals surface area contributed by atoms with E-state index in [2.05, 4.69) is 6.92 Å². The first-order chi connectivity index (χ1) is 10.6. The smallest absolute Gasteiger partial charge is 0.264 e. The van der Waals surface area contributed by atoms with Crippen molar-refractivity contribution in [2.45, 2.75) is 52.1 Å². The molecule has 6 heteroatoms. The van der Waals surface area contributed by atoms with Gasteiger partial charge in [-0.2, -0.15) is 8.42 Å². The summed E-state index contributed by atoms with van der Waals surface area (Å²) in [6.45, 7) is 5.84. The van der Waals surface area contributed by atoms with Gasteiger partial charge < -0.3 is 4.74 Å². The zero-order chi connectivity index (χ0) is 17.5. The van der Waals surface area contributed by atoms with Crippen molar-refractivity contribution in [2.24, 2.45) is 0 Å². The molecule has 0 saturated carbocycles. The molecule has 1 rings (SSSR count). The zero-order valence-corrected chi connectivity index (χ0v) is 15.1. The first-order valence-electron chi connectivity index (χ1n) is 7.79. The molecule has 0 N–H and O–H groups in total. The molecule has 0 heterocycles. The van der Waals surface area contributed by atoms with Gasteiger partial charge in [0.1, 0.15) is 11.4 Å². The van der Waals surface area contributed by atoms with Crippen LogP contribution in [0.3, 0.4) is 0 Å². The van der Waals surface area contributed by atoms with Gasteiger partial charge >= 0.3 is 0 Å². The zero-order valence-electron chi connectivity index (χ0n) is 14.3. The number of unbranched alkanes of at least 4 members (excludes halogenated alkanes) is 1. The third-order valence-corrected chi connectivity index (χ3v) is 3.92. The van der Waals surface area contributed by atoms with Crippen LogP contribution in [0.15, 0.2) is 24.3 Å². The van der Waals surface area contributed by atoms with Crippen molar-refractivity contribution in [3.05, 3.63) is 29.8 Å². The molecule has 0 aliphatic rings. The second-order valence-electron chi connectivity index (χ2n) is 6.19. The van der Waals surface area contributed by atoms with E-state index >= 15 is 0 Å². The Bertz CT molecular complexity index is 602. The Balaban J connectivity index is 2.57. The van der Waals surface area contributed by atoms with Gasteiger partial charge in [0.2, 0.25) is 0 Å². The third-order valence-electron chi connectivity index (χ3n) is 3.33. The number of benzene rings is 1. The molecule has 0 aliphatic heterocycles. The highest BCUT2D eigenvalue weighted by atomic mass is 32.2. The van der Waals surface area contributed by atoms with Gasteiger partial charge in [-0.15, -0.1) is 0 Å². The molecule has 0 aromatic heterocycles. The molecule has 1 aromatic carbocycles. The van der Waals surface area contributed by atoms with Gasteiger partial charge in [0.25, 0.3) is 10.1 Å². The van der Waals surface area contributed by atoms with Gasteiger partial charge in [-0.3, -0.25) is 8.98 Å². The average molecular weight is 342 g/mol. The van der Waals surface area contributed by atoms with Crippen molar-refractivity contribution >= 4 is 15.9 Å². The molecule has 1 aromatic rings. The Morgan fingerprint density at radius 2 is 1.78 bits per heavy atom. The van der Waals surface area contributed by atoms with Crippen LogP contribution in [0.5, 0.6) is 5.75 Å². The molecule has 0 bridgehead atoms. The fourth-order valence-electron chi connectivity index (χ4n) is 2.00. The number of ketones is 1. The van der Waals surface area contributed by atoms with E-state index in [1.54, 1.807) is 24.3 Å². The molecule has 5 nitrogen and oxygen atoms in total. The van der Waals surface area contributed by atoms with Gasteiger partial charge in [-0.25, -0.2) is 0 Å². The van der Waals surface area contributed by atoms with Crippen LogP contribution in [0.4, 0.5) is 0 Å². The van der Waals surface area contributed by atoms with E-state index in [0.29, 0.717) is 24.2 Å². The summed E-state index contributed by atoms with van der Waals surface area (Å²) in [5, 5.41) is 0. The van der Waals surface area contributed by atoms with Crippen molar-refractivity contribution in [1.82, 2.24) is 0 Å². The number of hydrogen-bond acceptors (Lipinski definition) is 5. The summed E-state index contributed by atoms with van der Waals surface area (Å²) in [5.74, 6) is 0.778. The summed E-state index contributed by atoms with van der Waals surface area (Å²) in [4.78, 5) is 11.9. The van der Waals surface area contributed by atoms with E-state index in [1.807, 2.05) is 13.8 Å². The minimum atomic E-state index is -3.44. The minimum absolute atomic E-state index is 0.0689. The summed E-state index contributed by atoms with van der Waals surface area (Å²) in [6, 6.07) is 7.05. The topological polar surface area (TPSA) is 69.7 Å². The first-order valence-corrected chi connectivity index (χ1v) is 9.61. The quantitative estimate of drug-likeness (QED) is 0.480.